The number of nitrogens with one attached hydrogen (secondary N) is 1. The summed E-state index contributed by atoms with van der Waals surface area (Å²) < 4.78 is 2.03. The molecule has 0 aromatic carbocycles. The van der Waals surface area contributed by atoms with Crippen molar-refractivity contribution in [3.63, 3.8) is 0 Å². The van der Waals surface area contributed by atoms with E-state index in [1.165, 1.54) is 37.8 Å². The highest BCUT2D eigenvalue weighted by Crippen LogP contribution is 2.37. The maximum Gasteiger partial charge on any atom is 0.0553 e. The first-order chi connectivity index (χ1) is 8.76. The summed E-state index contributed by atoms with van der Waals surface area (Å²) >= 11 is 0. The van der Waals surface area contributed by atoms with Crippen LogP contribution in [0.3, 0.4) is 0 Å². The van der Waals surface area contributed by atoms with Crippen molar-refractivity contribution in [3.8, 4) is 0 Å². The van der Waals surface area contributed by atoms with Crippen molar-refractivity contribution in [1.82, 2.24) is 15.1 Å². The Morgan fingerprint density at radius 1 is 1.33 bits per heavy atom. The fourth-order valence-corrected chi connectivity index (χ4v) is 3.35. The van der Waals surface area contributed by atoms with Crippen molar-refractivity contribution in [2.45, 2.75) is 52.0 Å². The van der Waals surface area contributed by atoms with Crippen LogP contribution in [0.4, 0.5) is 0 Å². The molecule has 1 unspecified atom stereocenters. The van der Waals surface area contributed by atoms with E-state index < -0.39 is 0 Å². The molecule has 1 aromatic heterocycles. The molecule has 1 fully saturated rings. The van der Waals surface area contributed by atoms with Crippen LogP contribution in [0.1, 0.15) is 57.7 Å². The van der Waals surface area contributed by atoms with Gasteiger partial charge in [-0.15, -0.1) is 0 Å². The maximum absolute atomic E-state index is 4.32. The van der Waals surface area contributed by atoms with E-state index in [1.54, 1.807) is 0 Å². The molecule has 0 bridgehead atoms. The van der Waals surface area contributed by atoms with E-state index in [1.807, 2.05) is 10.9 Å². The lowest BCUT2D eigenvalue weighted by molar-refractivity contribution is 0.215. The van der Waals surface area contributed by atoms with Gasteiger partial charge in [0.1, 0.15) is 0 Å². The molecule has 1 aliphatic carbocycles. The first-order valence-corrected chi connectivity index (χ1v) is 7.47. The zero-order valence-electron chi connectivity index (χ0n) is 12.0. The number of hydrogen-bond acceptors (Lipinski definition) is 2. The van der Waals surface area contributed by atoms with Gasteiger partial charge in [-0.25, -0.2) is 0 Å². The van der Waals surface area contributed by atoms with Gasteiger partial charge in [0.05, 0.1) is 11.7 Å². The summed E-state index contributed by atoms with van der Waals surface area (Å²) in [6.45, 7) is 5.55. The summed E-state index contributed by atoms with van der Waals surface area (Å²) in [5.74, 6) is 1.75. The Kier molecular flexibility index (Phi) is 4.81. The zero-order valence-corrected chi connectivity index (χ0v) is 12.0. The van der Waals surface area contributed by atoms with Crippen molar-refractivity contribution in [2.24, 2.45) is 18.9 Å². The molecule has 0 aliphatic heterocycles. The maximum atomic E-state index is 4.32. The van der Waals surface area contributed by atoms with Gasteiger partial charge in [-0.05, 0) is 37.3 Å². The molecular formula is C15H27N3. The minimum Gasteiger partial charge on any atom is -0.309 e. The molecular weight excluding hydrogens is 222 g/mol. The van der Waals surface area contributed by atoms with E-state index in [4.69, 9.17) is 0 Å². The Morgan fingerprint density at radius 2 is 2.06 bits per heavy atom. The van der Waals surface area contributed by atoms with Crippen molar-refractivity contribution in [1.29, 1.82) is 0 Å². The molecule has 0 spiro atoms. The number of hydrogen-bond donors (Lipinski definition) is 1. The predicted molar refractivity (Wildman–Crippen MR) is 75.4 cm³/mol. The predicted octanol–water partition coefficient (Wildman–Crippen LogP) is 3.29. The molecule has 0 amide bonds. The van der Waals surface area contributed by atoms with E-state index in [0.29, 0.717) is 6.04 Å². The Hall–Kier alpha value is -0.830. The van der Waals surface area contributed by atoms with E-state index in [0.717, 1.165) is 18.4 Å². The number of aryl methyl sites for hydroxylation is 1. The van der Waals surface area contributed by atoms with Crippen LogP contribution in [-0.2, 0) is 7.05 Å². The first kappa shape index (κ1) is 13.6. The lowest BCUT2D eigenvalue weighted by atomic mass is 9.77. The van der Waals surface area contributed by atoms with Crippen LogP contribution in [0.15, 0.2) is 12.3 Å². The topological polar surface area (TPSA) is 29.9 Å². The van der Waals surface area contributed by atoms with Crippen molar-refractivity contribution in [3.05, 3.63) is 18.0 Å². The third-order valence-electron chi connectivity index (χ3n) is 4.54. The van der Waals surface area contributed by atoms with Crippen LogP contribution >= 0.6 is 0 Å². The van der Waals surface area contributed by atoms with Gasteiger partial charge < -0.3 is 5.32 Å². The van der Waals surface area contributed by atoms with Gasteiger partial charge in [0.15, 0.2) is 0 Å². The van der Waals surface area contributed by atoms with Crippen molar-refractivity contribution >= 4 is 0 Å². The Morgan fingerprint density at radius 3 is 2.56 bits per heavy atom. The summed E-state index contributed by atoms with van der Waals surface area (Å²) in [5, 5.41) is 7.99. The second-order valence-electron chi connectivity index (χ2n) is 5.60. The van der Waals surface area contributed by atoms with Crippen LogP contribution < -0.4 is 5.32 Å². The van der Waals surface area contributed by atoms with Crippen LogP contribution in [0.2, 0.25) is 0 Å². The third kappa shape index (κ3) is 2.94. The number of rotatable bonds is 5. The Balaban J connectivity index is 2.05. The minimum absolute atomic E-state index is 0.486. The van der Waals surface area contributed by atoms with Gasteiger partial charge in [-0.3, -0.25) is 4.68 Å². The highest BCUT2D eigenvalue weighted by atomic mass is 15.3. The fraction of sp³-hybridized carbons (Fsp3) is 0.800. The zero-order chi connectivity index (χ0) is 13.0. The number of nitrogens with zero attached hydrogens (tertiary/aromatic N) is 2. The van der Waals surface area contributed by atoms with E-state index >= 15 is 0 Å². The Labute approximate surface area is 111 Å². The molecule has 1 aliphatic rings. The summed E-state index contributed by atoms with van der Waals surface area (Å²) in [6, 6.07) is 2.65. The van der Waals surface area contributed by atoms with Gasteiger partial charge in [0, 0.05) is 13.2 Å². The first-order valence-electron chi connectivity index (χ1n) is 7.47. The monoisotopic (exact) mass is 249 g/mol. The van der Waals surface area contributed by atoms with Gasteiger partial charge in [0.25, 0.3) is 0 Å². The lowest BCUT2D eigenvalue weighted by Gasteiger charge is -2.34. The normalized spacial score (nSPS) is 26.2. The molecule has 2 rings (SSSR count). The third-order valence-corrected chi connectivity index (χ3v) is 4.54. The molecule has 3 heteroatoms. The molecule has 1 heterocycles. The molecule has 1 aromatic rings. The van der Waals surface area contributed by atoms with Gasteiger partial charge >= 0.3 is 0 Å². The van der Waals surface area contributed by atoms with Gasteiger partial charge in [-0.2, -0.15) is 5.10 Å². The quantitative estimate of drug-likeness (QED) is 0.868. The molecule has 1 atom stereocenters. The summed E-state index contributed by atoms with van der Waals surface area (Å²) in [7, 11) is 2.05. The smallest absolute Gasteiger partial charge is 0.0553 e. The van der Waals surface area contributed by atoms with Gasteiger partial charge in [0.2, 0.25) is 0 Å². The second kappa shape index (κ2) is 6.37. The average Bonchev–Trinajstić information content (AvgIpc) is 2.82. The van der Waals surface area contributed by atoms with Crippen LogP contribution in [0.5, 0.6) is 0 Å². The van der Waals surface area contributed by atoms with Crippen LogP contribution in [0, 0.1) is 11.8 Å². The summed E-state index contributed by atoms with van der Waals surface area (Å²) in [5.41, 5.74) is 1.34. The van der Waals surface area contributed by atoms with Crippen molar-refractivity contribution in [2.75, 3.05) is 6.54 Å². The van der Waals surface area contributed by atoms with Crippen LogP contribution in [-0.4, -0.2) is 16.3 Å². The highest BCUT2D eigenvalue weighted by molar-refractivity contribution is 5.08. The molecule has 3 nitrogen and oxygen atoms in total. The molecule has 18 heavy (non-hydrogen) atoms. The lowest BCUT2D eigenvalue weighted by Crippen LogP contribution is -2.32. The molecule has 0 radical (unpaired) electrons. The molecule has 0 saturated heterocycles. The highest BCUT2D eigenvalue weighted by Gasteiger charge is 2.28. The van der Waals surface area contributed by atoms with Crippen molar-refractivity contribution < 1.29 is 0 Å². The summed E-state index contributed by atoms with van der Waals surface area (Å²) in [6.07, 6.45) is 8.80. The standard InChI is InChI=1S/C15H27N3/c1-4-12-6-8-13(9-7-12)15(16-5-2)14-10-11-17-18(14)3/h10-13,15-16H,4-9H2,1-3H3. The average molecular weight is 249 g/mol. The summed E-state index contributed by atoms with van der Waals surface area (Å²) in [4.78, 5) is 0. The van der Waals surface area contributed by atoms with Crippen LogP contribution in [0.25, 0.3) is 0 Å². The second-order valence-corrected chi connectivity index (χ2v) is 5.60. The minimum atomic E-state index is 0.486. The van der Waals surface area contributed by atoms with Gasteiger partial charge in [-0.1, -0.05) is 33.1 Å². The van der Waals surface area contributed by atoms with E-state index in [9.17, 15) is 0 Å². The molecule has 1 saturated carbocycles. The SMILES string of the molecule is CCNC(c1ccnn1C)C1CCC(CC)CC1. The largest absolute Gasteiger partial charge is 0.309 e. The van der Waals surface area contributed by atoms with E-state index in [-0.39, 0.29) is 0 Å². The Bertz CT molecular complexity index is 350. The molecule has 102 valence electrons. The number of aromatic nitrogens is 2. The van der Waals surface area contributed by atoms with E-state index in [2.05, 4.69) is 37.4 Å². The fourth-order valence-electron chi connectivity index (χ4n) is 3.35. The molecule has 1 N–H and O–H groups in total.